The van der Waals surface area contributed by atoms with Crippen LogP contribution in [0.5, 0.6) is 0 Å². The summed E-state index contributed by atoms with van der Waals surface area (Å²) in [5.41, 5.74) is 1.40. The number of hydrogen-bond acceptors (Lipinski definition) is 6. The number of pyridine rings is 1. The van der Waals surface area contributed by atoms with Gasteiger partial charge in [-0.05, 0) is 55.2 Å². The Morgan fingerprint density at radius 3 is 2.66 bits per heavy atom. The number of carbonyl (C=O) groups excluding carboxylic acids is 1. The first-order valence-electron chi connectivity index (χ1n) is 9.53. The number of nitrogens with zero attached hydrogens (tertiary/aromatic N) is 1. The highest BCUT2D eigenvalue weighted by atomic mass is 32.2. The molecule has 2 N–H and O–H groups in total. The molecule has 0 spiro atoms. The third-order valence-electron chi connectivity index (χ3n) is 5.30. The fourth-order valence-corrected chi connectivity index (χ4v) is 5.50. The number of amides is 2. The normalized spacial score (nSPS) is 23.9. The van der Waals surface area contributed by atoms with Crippen molar-refractivity contribution in [2.24, 2.45) is 0 Å². The molecule has 154 valence electrons. The van der Waals surface area contributed by atoms with Crippen LogP contribution in [0, 0.1) is 0 Å². The van der Waals surface area contributed by atoms with Gasteiger partial charge in [-0.2, -0.15) is 0 Å². The molecule has 3 atom stereocenters. The van der Waals surface area contributed by atoms with Gasteiger partial charge in [0, 0.05) is 24.6 Å². The number of fused-ring (bicyclic) bond motifs is 1. The summed E-state index contributed by atoms with van der Waals surface area (Å²) in [5, 5.41) is 4.95. The van der Waals surface area contributed by atoms with E-state index < -0.39 is 15.1 Å². The second kappa shape index (κ2) is 8.48. The Morgan fingerprint density at radius 2 is 1.90 bits per heavy atom. The van der Waals surface area contributed by atoms with E-state index in [-0.39, 0.29) is 29.9 Å². The summed E-state index contributed by atoms with van der Waals surface area (Å²) in [5.74, 6) is 0. The predicted molar refractivity (Wildman–Crippen MR) is 106 cm³/mol. The Morgan fingerprint density at radius 1 is 1.10 bits per heavy atom. The van der Waals surface area contributed by atoms with E-state index in [4.69, 9.17) is 9.47 Å². The van der Waals surface area contributed by atoms with Gasteiger partial charge >= 0.3 is 6.03 Å². The predicted octanol–water partition coefficient (Wildman–Crippen LogP) is 2.47. The highest BCUT2D eigenvalue weighted by Gasteiger charge is 2.41. The SMILES string of the molecule is O=C(NCc1cccnc1)Nc1ccc(S(=O)(=O)C2CCC3OCOC3C2)cc1. The monoisotopic (exact) mass is 417 g/mol. The van der Waals surface area contributed by atoms with Crippen molar-refractivity contribution >= 4 is 21.6 Å². The first-order chi connectivity index (χ1) is 14.0. The van der Waals surface area contributed by atoms with Gasteiger partial charge in [0.2, 0.25) is 0 Å². The number of urea groups is 1. The van der Waals surface area contributed by atoms with E-state index >= 15 is 0 Å². The zero-order valence-electron chi connectivity index (χ0n) is 15.8. The number of anilines is 1. The zero-order valence-corrected chi connectivity index (χ0v) is 16.6. The van der Waals surface area contributed by atoms with Gasteiger partial charge in [-0.3, -0.25) is 4.98 Å². The third kappa shape index (κ3) is 4.58. The molecule has 2 fully saturated rings. The van der Waals surface area contributed by atoms with Gasteiger partial charge < -0.3 is 20.1 Å². The maximum absolute atomic E-state index is 13.0. The van der Waals surface area contributed by atoms with Crippen molar-refractivity contribution in [3.05, 3.63) is 54.4 Å². The lowest BCUT2D eigenvalue weighted by atomic mass is 9.94. The summed E-state index contributed by atoms with van der Waals surface area (Å²) in [6.07, 6.45) is 4.90. The Balaban J connectivity index is 1.35. The van der Waals surface area contributed by atoms with Crippen molar-refractivity contribution in [2.45, 2.75) is 48.2 Å². The number of nitrogens with one attached hydrogen (secondary N) is 2. The molecule has 1 aliphatic heterocycles. The number of rotatable bonds is 5. The van der Waals surface area contributed by atoms with Gasteiger partial charge in [0.1, 0.15) is 6.79 Å². The molecule has 2 aliphatic rings. The molecule has 29 heavy (non-hydrogen) atoms. The van der Waals surface area contributed by atoms with Crippen LogP contribution in [0.4, 0.5) is 10.5 Å². The van der Waals surface area contributed by atoms with Gasteiger partial charge in [-0.15, -0.1) is 0 Å². The second-order valence-corrected chi connectivity index (χ2v) is 9.43. The molecular weight excluding hydrogens is 394 g/mol. The van der Waals surface area contributed by atoms with Crippen LogP contribution in [-0.2, 0) is 25.9 Å². The molecule has 0 radical (unpaired) electrons. The van der Waals surface area contributed by atoms with Crippen LogP contribution in [0.15, 0.2) is 53.7 Å². The van der Waals surface area contributed by atoms with E-state index in [2.05, 4.69) is 15.6 Å². The number of aromatic nitrogens is 1. The smallest absolute Gasteiger partial charge is 0.319 e. The largest absolute Gasteiger partial charge is 0.349 e. The molecule has 8 nitrogen and oxygen atoms in total. The average molecular weight is 417 g/mol. The Bertz CT molecular complexity index is 950. The molecule has 9 heteroatoms. The standard InChI is InChI=1S/C20H23N3O5S/c24-20(22-12-14-2-1-9-21-11-14)23-15-3-5-16(6-4-15)29(25,26)17-7-8-18-19(10-17)28-13-27-18/h1-6,9,11,17-19H,7-8,10,12-13H2,(H2,22,23,24). The van der Waals surface area contributed by atoms with Gasteiger partial charge in [0.25, 0.3) is 0 Å². The molecule has 2 aromatic rings. The molecule has 1 saturated heterocycles. The molecule has 0 bridgehead atoms. The van der Waals surface area contributed by atoms with Crippen molar-refractivity contribution < 1.29 is 22.7 Å². The minimum absolute atomic E-state index is 0.0122. The fourth-order valence-electron chi connectivity index (χ4n) is 3.71. The van der Waals surface area contributed by atoms with Crippen LogP contribution in [0.1, 0.15) is 24.8 Å². The summed E-state index contributed by atoms with van der Waals surface area (Å²) in [4.78, 5) is 16.3. The van der Waals surface area contributed by atoms with Crippen molar-refractivity contribution in [1.82, 2.24) is 10.3 Å². The van der Waals surface area contributed by atoms with Crippen molar-refractivity contribution in [3.8, 4) is 0 Å². The maximum Gasteiger partial charge on any atom is 0.319 e. The van der Waals surface area contributed by atoms with Crippen molar-refractivity contribution in [2.75, 3.05) is 12.1 Å². The Labute approximate surface area is 169 Å². The lowest BCUT2D eigenvalue weighted by molar-refractivity contribution is 0.0396. The number of hydrogen-bond donors (Lipinski definition) is 2. The van der Waals surface area contributed by atoms with E-state index in [0.717, 1.165) is 5.56 Å². The summed E-state index contributed by atoms with van der Waals surface area (Å²) in [6.45, 7) is 0.590. The molecule has 1 saturated carbocycles. The highest BCUT2D eigenvalue weighted by Crippen LogP contribution is 2.34. The number of sulfone groups is 1. The first-order valence-corrected chi connectivity index (χ1v) is 11.1. The van der Waals surface area contributed by atoms with Crippen LogP contribution < -0.4 is 10.6 Å². The van der Waals surface area contributed by atoms with Crippen LogP contribution in [0.2, 0.25) is 0 Å². The van der Waals surface area contributed by atoms with Gasteiger partial charge in [0.05, 0.1) is 22.4 Å². The number of ether oxygens (including phenoxy) is 2. The van der Waals surface area contributed by atoms with Crippen molar-refractivity contribution in [1.29, 1.82) is 0 Å². The maximum atomic E-state index is 13.0. The summed E-state index contributed by atoms with van der Waals surface area (Å²) < 4.78 is 36.9. The Kier molecular flexibility index (Phi) is 5.79. The minimum atomic E-state index is -3.46. The molecule has 2 heterocycles. The highest BCUT2D eigenvalue weighted by molar-refractivity contribution is 7.92. The molecule has 4 rings (SSSR count). The van der Waals surface area contributed by atoms with Crippen LogP contribution in [0.25, 0.3) is 0 Å². The molecule has 1 aliphatic carbocycles. The van der Waals surface area contributed by atoms with E-state index in [0.29, 0.717) is 31.5 Å². The first kappa shape index (κ1) is 19.8. The lowest BCUT2D eigenvalue weighted by Crippen LogP contribution is -2.37. The fraction of sp³-hybridized carbons (Fsp3) is 0.400. The van der Waals surface area contributed by atoms with Crippen LogP contribution in [0.3, 0.4) is 0 Å². The quantitative estimate of drug-likeness (QED) is 0.774. The zero-order chi connectivity index (χ0) is 20.3. The minimum Gasteiger partial charge on any atom is -0.349 e. The lowest BCUT2D eigenvalue weighted by Gasteiger charge is -2.29. The number of carbonyl (C=O) groups is 1. The topological polar surface area (TPSA) is 107 Å². The van der Waals surface area contributed by atoms with Crippen LogP contribution in [-0.4, -0.2) is 43.7 Å². The van der Waals surface area contributed by atoms with E-state index in [9.17, 15) is 13.2 Å². The summed E-state index contributed by atoms with van der Waals surface area (Å²) in [7, 11) is -3.46. The number of benzene rings is 1. The van der Waals surface area contributed by atoms with Gasteiger partial charge in [-0.25, -0.2) is 13.2 Å². The molecule has 1 aromatic heterocycles. The van der Waals surface area contributed by atoms with E-state index in [1.54, 1.807) is 30.6 Å². The van der Waals surface area contributed by atoms with Gasteiger partial charge in [0.15, 0.2) is 9.84 Å². The third-order valence-corrected chi connectivity index (χ3v) is 7.54. The Hall–Kier alpha value is -2.49. The molecule has 3 unspecified atom stereocenters. The van der Waals surface area contributed by atoms with Crippen LogP contribution >= 0.6 is 0 Å². The molecule has 1 aromatic carbocycles. The van der Waals surface area contributed by atoms with Gasteiger partial charge in [-0.1, -0.05) is 6.07 Å². The summed E-state index contributed by atoms with van der Waals surface area (Å²) >= 11 is 0. The molecule has 2 amide bonds. The van der Waals surface area contributed by atoms with Crippen molar-refractivity contribution in [3.63, 3.8) is 0 Å². The van der Waals surface area contributed by atoms with E-state index in [1.165, 1.54) is 12.1 Å². The average Bonchev–Trinajstić information content (AvgIpc) is 3.21. The summed E-state index contributed by atoms with van der Waals surface area (Å²) in [6, 6.07) is 9.54. The van der Waals surface area contributed by atoms with E-state index in [1.807, 2.05) is 6.07 Å². The molecular formula is C20H23N3O5S. The second-order valence-electron chi connectivity index (χ2n) is 7.20.